The Labute approximate surface area is 104 Å². The first-order valence-electron chi connectivity index (χ1n) is 4.42. The van der Waals surface area contributed by atoms with Gasteiger partial charge in [-0.25, -0.2) is 4.98 Å². The Kier molecular flexibility index (Phi) is 4.30. The normalized spacial score (nSPS) is 12.8. The SMILES string of the molecule is CCc1nc(Br)c(Br)n1CC(N)C(N)=O. The summed E-state index contributed by atoms with van der Waals surface area (Å²) in [4.78, 5) is 15.1. The number of imidazole rings is 1. The molecule has 0 aliphatic rings. The van der Waals surface area contributed by atoms with Crippen LogP contribution in [0, 0.1) is 0 Å². The van der Waals surface area contributed by atoms with Crippen molar-refractivity contribution in [2.24, 2.45) is 11.5 Å². The van der Waals surface area contributed by atoms with Crippen LogP contribution in [0.5, 0.6) is 0 Å². The van der Waals surface area contributed by atoms with E-state index in [0.29, 0.717) is 11.1 Å². The maximum absolute atomic E-state index is 10.9. The summed E-state index contributed by atoms with van der Waals surface area (Å²) < 4.78 is 3.31. The summed E-state index contributed by atoms with van der Waals surface area (Å²) in [6, 6.07) is -0.701. The number of hydrogen-bond donors (Lipinski definition) is 2. The summed E-state index contributed by atoms with van der Waals surface area (Å²) in [6.45, 7) is 2.31. The number of hydrogen-bond acceptors (Lipinski definition) is 3. The second-order valence-electron chi connectivity index (χ2n) is 3.08. The first kappa shape index (κ1) is 12.7. The summed E-state index contributed by atoms with van der Waals surface area (Å²) in [6.07, 6.45) is 0.760. The molecule has 1 amide bonds. The van der Waals surface area contributed by atoms with Crippen molar-refractivity contribution in [1.82, 2.24) is 9.55 Å². The molecule has 0 saturated carbocycles. The molecule has 0 aliphatic heterocycles. The second-order valence-corrected chi connectivity index (χ2v) is 4.58. The summed E-state index contributed by atoms with van der Waals surface area (Å²) in [7, 11) is 0. The molecule has 1 rings (SSSR count). The van der Waals surface area contributed by atoms with Crippen LogP contribution in [0.1, 0.15) is 12.7 Å². The van der Waals surface area contributed by atoms with Gasteiger partial charge in [-0.3, -0.25) is 4.79 Å². The molecule has 1 aromatic rings. The van der Waals surface area contributed by atoms with E-state index in [9.17, 15) is 4.79 Å². The van der Waals surface area contributed by atoms with Gasteiger partial charge in [0.15, 0.2) is 0 Å². The molecule has 0 aliphatic carbocycles. The van der Waals surface area contributed by atoms with Crippen LogP contribution in [0.3, 0.4) is 0 Å². The molecule has 0 spiro atoms. The highest BCUT2D eigenvalue weighted by atomic mass is 79.9. The van der Waals surface area contributed by atoms with Gasteiger partial charge in [0.25, 0.3) is 0 Å². The molecule has 0 fully saturated rings. The number of nitrogens with two attached hydrogens (primary N) is 2. The van der Waals surface area contributed by atoms with Crippen molar-refractivity contribution in [2.75, 3.05) is 0 Å². The van der Waals surface area contributed by atoms with Crippen molar-refractivity contribution in [2.45, 2.75) is 25.9 Å². The molecule has 7 heteroatoms. The van der Waals surface area contributed by atoms with Gasteiger partial charge in [0, 0.05) is 13.0 Å². The molecular weight excluding hydrogens is 328 g/mol. The van der Waals surface area contributed by atoms with Crippen LogP contribution < -0.4 is 11.5 Å². The molecule has 1 unspecified atom stereocenters. The number of carbonyl (C=O) groups excluding carboxylic acids is 1. The Morgan fingerprint density at radius 1 is 1.60 bits per heavy atom. The van der Waals surface area contributed by atoms with Crippen molar-refractivity contribution in [1.29, 1.82) is 0 Å². The first-order chi connectivity index (χ1) is 6.97. The van der Waals surface area contributed by atoms with Gasteiger partial charge in [-0.1, -0.05) is 6.92 Å². The Balaban J connectivity index is 2.97. The standard InChI is InChI=1S/C8H12Br2N4O/c1-2-5-13-6(9)7(10)14(5)3-4(11)8(12)15/h4H,2-3,11H2,1H3,(H2,12,15). The zero-order valence-corrected chi connectivity index (χ0v) is 11.4. The minimum Gasteiger partial charge on any atom is -0.368 e. The molecule has 0 bridgehead atoms. The van der Waals surface area contributed by atoms with Gasteiger partial charge in [-0.15, -0.1) is 0 Å². The summed E-state index contributed by atoms with van der Waals surface area (Å²) in [5.74, 6) is 0.333. The molecule has 1 atom stereocenters. The number of carbonyl (C=O) groups is 1. The highest BCUT2D eigenvalue weighted by molar-refractivity contribution is 9.13. The van der Waals surface area contributed by atoms with Crippen molar-refractivity contribution in [3.05, 3.63) is 15.0 Å². The number of halogens is 2. The van der Waals surface area contributed by atoms with Crippen LogP contribution in [0.4, 0.5) is 0 Å². The van der Waals surface area contributed by atoms with Gasteiger partial charge in [0.1, 0.15) is 21.1 Å². The monoisotopic (exact) mass is 338 g/mol. The van der Waals surface area contributed by atoms with E-state index < -0.39 is 11.9 Å². The summed E-state index contributed by atoms with van der Waals surface area (Å²) >= 11 is 6.66. The van der Waals surface area contributed by atoms with Crippen LogP contribution in [-0.2, 0) is 17.8 Å². The molecule has 84 valence electrons. The molecule has 5 nitrogen and oxygen atoms in total. The van der Waals surface area contributed by atoms with E-state index in [1.54, 1.807) is 0 Å². The fraction of sp³-hybridized carbons (Fsp3) is 0.500. The number of aryl methyl sites for hydroxylation is 1. The van der Waals surface area contributed by atoms with E-state index in [0.717, 1.165) is 16.8 Å². The van der Waals surface area contributed by atoms with Crippen molar-refractivity contribution in [3.8, 4) is 0 Å². The Bertz CT molecular complexity index is 377. The third-order valence-corrected chi connectivity index (χ3v) is 3.90. The first-order valence-corrected chi connectivity index (χ1v) is 6.01. The van der Waals surface area contributed by atoms with E-state index >= 15 is 0 Å². The largest absolute Gasteiger partial charge is 0.368 e. The molecule has 4 N–H and O–H groups in total. The van der Waals surface area contributed by atoms with E-state index in [2.05, 4.69) is 36.8 Å². The zero-order valence-electron chi connectivity index (χ0n) is 8.20. The lowest BCUT2D eigenvalue weighted by atomic mass is 10.3. The molecule has 1 heterocycles. The number of aromatic nitrogens is 2. The van der Waals surface area contributed by atoms with Crippen LogP contribution >= 0.6 is 31.9 Å². The maximum atomic E-state index is 10.9. The maximum Gasteiger partial charge on any atom is 0.236 e. The third-order valence-electron chi connectivity index (χ3n) is 2.01. The van der Waals surface area contributed by atoms with E-state index in [1.165, 1.54) is 0 Å². The Morgan fingerprint density at radius 3 is 2.67 bits per heavy atom. The third kappa shape index (κ3) is 2.79. The Hall–Kier alpha value is -0.400. The molecular formula is C8H12Br2N4O. The lowest BCUT2D eigenvalue weighted by Gasteiger charge is -2.11. The highest BCUT2D eigenvalue weighted by Crippen LogP contribution is 2.24. The van der Waals surface area contributed by atoms with Crippen LogP contribution in [-0.4, -0.2) is 21.5 Å². The smallest absolute Gasteiger partial charge is 0.236 e. The molecule has 1 aromatic heterocycles. The lowest BCUT2D eigenvalue weighted by molar-refractivity contribution is -0.119. The number of primary amides is 1. The lowest BCUT2D eigenvalue weighted by Crippen LogP contribution is -2.40. The van der Waals surface area contributed by atoms with Gasteiger partial charge in [-0.05, 0) is 31.9 Å². The van der Waals surface area contributed by atoms with Crippen LogP contribution in [0.25, 0.3) is 0 Å². The highest BCUT2D eigenvalue weighted by Gasteiger charge is 2.17. The molecule has 0 saturated heterocycles. The van der Waals surface area contributed by atoms with Crippen LogP contribution in [0.15, 0.2) is 9.21 Å². The topological polar surface area (TPSA) is 86.9 Å². The van der Waals surface area contributed by atoms with Gasteiger partial charge in [0.2, 0.25) is 5.91 Å². The fourth-order valence-corrected chi connectivity index (χ4v) is 2.04. The minimum absolute atomic E-state index is 0.331. The van der Waals surface area contributed by atoms with Crippen molar-refractivity contribution in [3.63, 3.8) is 0 Å². The number of nitrogens with zero attached hydrogens (tertiary/aromatic N) is 2. The van der Waals surface area contributed by atoms with Crippen LogP contribution in [0.2, 0.25) is 0 Å². The fourth-order valence-electron chi connectivity index (χ4n) is 1.19. The number of rotatable bonds is 4. The van der Waals surface area contributed by atoms with E-state index in [-0.39, 0.29) is 0 Å². The Morgan fingerprint density at radius 2 is 2.20 bits per heavy atom. The molecule has 0 aromatic carbocycles. The average molecular weight is 340 g/mol. The minimum atomic E-state index is -0.701. The summed E-state index contributed by atoms with van der Waals surface area (Å²) in [5.41, 5.74) is 10.7. The van der Waals surface area contributed by atoms with E-state index in [4.69, 9.17) is 11.5 Å². The van der Waals surface area contributed by atoms with Gasteiger partial charge >= 0.3 is 0 Å². The van der Waals surface area contributed by atoms with Crippen molar-refractivity contribution >= 4 is 37.8 Å². The predicted octanol–water partition coefficient (Wildman–Crippen LogP) is 0.783. The second kappa shape index (κ2) is 5.09. The predicted molar refractivity (Wildman–Crippen MR) is 64.2 cm³/mol. The average Bonchev–Trinajstić information content (AvgIpc) is 2.45. The van der Waals surface area contributed by atoms with Gasteiger partial charge < -0.3 is 16.0 Å². The van der Waals surface area contributed by atoms with Crippen molar-refractivity contribution < 1.29 is 4.79 Å². The zero-order chi connectivity index (χ0) is 11.6. The van der Waals surface area contributed by atoms with Gasteiger partial charge in [-0.2, -0.15) is 0 Å². The molecule has 0 radical (unpaired) electrons. The number of amides is 1. The summed E-state index contributed by atoms with van der Waals surface area (Å²) in [5, 5.41) is 0. The quantitative estimate of drug-likeness (QED) is 0.849. The molecule has 15 heavy (non-hydrogen) atoms. The van der Waals surface area contributed by atoms with E-state index in [1.807, 2.05) is 11.5 Å². The van der Waals surface area contributed by atoms with Gasteiger partial charge in [0.05, 0.1) is 0 Å².